The van der Waals surface area contributed by atoms with Gasteiger partial charge < -0.3 is 15.2 Å². The molecule has 1 amide bonds. The summed E-state index contributed by atoms with van der Waals surface area (Å²) in [6, 6.07) is 12.8. The van der Waals surface area contributed by atoms with Crippen molar-refractivity contribution in [3.63, 3.8) is 0 Å². The molecule has 0 saturated heterocycles. The molecule has 122 valence electrons. The van der Waals surface area contributed by atoms with Crippen molar-refractivity contribution in [3.05, 3.63) is 59.9 Å². The van der Waals surface area contributed by atoms with Gasteiger partial charge in [0.05, 0.1) is 5.60 Å². The highest BCUT2D eigenvalue weighted by molar-refractivity contribution is 5.72. The van der Waals surface area contributed by atoms with Crippen molar-refractivity contribution in [1.82, 2.24) is 5.32 Å². The van der Waals surface area contributed by atoms with Gasteiger partial charge in [0, 0.05) is 13.5 Å². The van der Waals surface area contributed by atoms with E-state index in [0.717, 1.165) is 5.56 Å². The molecule has 0 aliphatic heterocycles. The lowest BCUT2D eigenvalue weighted by Gasteiger charge is -2.24. The zero-order chi connectivity index (χ0) is 16.9. The molecule has 23 heavy (non-hydrogen) atoms. The summed E-state index contributed by atoms with van der Waals surface area (Å²) in [6.45, 7) is 3.54. The van der Waals surface area contributed by atoms with E-state index < -0.39 is 5.60 Å². The van der Waals surface area contributed by atoms with Gasteiger partial charge >= 0.3 is 0 Å². The lowest BCUT2D eigenvalue weighted by molar-refractivity contribution is -0.119. The molecule has 0 aromatic heterocycles. The number of benzene rings is 2. The van der Waals surface area contributed by atoms with Crippen molar-refractivity contribution >= 4 is 5.91 Å². The second-order valence-corrected chi connectivity index (χ2v) is 5.59. The zero-order valence-electron chi connectivity index (χ0n) is 13.2. The minimum absolute atomic E-state index is 0.121. The summed E-state index contributed by atoms with van der Waals surface area (Å²) in [6.07, 6.45) is 0.407. The summed E-state index contributed by atoms with van der Waals surface area (Å²) in [4.78, 5) is 10.9. The molecule has 1 unspecified atom stereocenters. The molecular weight excluding hydrogens is 297 g/mol. The van der Waals surface area contributed by atoms with Crippen molar-refractivity contribution in [2.75, 3.05) is 6.54 Å². The average Bonchev–Trinajstić information content (AvgIpc) is 2.49. The smallest absolute Gasteiger partial charge is 0.216 e. The molecule has 0 spiro atoms. The molecule has 0 radical (unpaired) electrons. The Morgan fingerprint density at radius 3 is 2.17 bits per heavy atom. The van der Waals surface area contributed by atoms with Gasteiger partial charge in [0.15, 0.2) is 0 Å². The highest BCUT2D eigenvalue weighted by atomic mass is 19.1. The van der Waals surface area contributed by atoms with E-state index in [4.69, 9.17) is 4.74 Å². The zero-order valence-corrected chi connectivity index (χ0v) is 13.2. The van der Waals surface area contributed by atoms with E-state index >= 15 is 0 Å². The maximum absolute atomic E-state index is 12.9. The Hall–Kier alpha value is -2.40. The van der Waals surface area contributed by atoms with E-state index in [0.29, 0.717) is 24.5 Å². The standard InChI is InChI=1S/C18H20FNO3/c1-13(21)20-12-11-18(2,22)14-3-7-16(8-4-14)23-17-9-5-15(19)6-10-17/h3-10,22H,11-12H2,1-2H3,(H,20,21). The molecule has 0 heterocycles. The van der Waals surface area contributed by atoms with Crippen molar-refractivity contribution in [1.29, 1.82) is 0 Å². The number of hydrogen-bond donors (Lipinski definition) is 2. The van der Waals surface area contributed by atoms with E-state index in [9.17, 15) is 14.3 Å². The van der Waals surface area contributed by atoms with E-state index in [2.05, 4.69) is 5.32 Å². The second kappa shape index (κ2) is 7.24. The van der Waals surface area contributed by atoms with Gasteiger partial charge in [-0.25, -0.2) is 4.39 Å². The van der Waals surface area contributed by atoms with Crippen LogP contribution >= 0.6 is 0 Å². The Morgan fingerprint density at radius 2 is 1.65 bits per heavy atom. The van der Waals surface area contributed by atoms with Crippen LogP contribution in [0.25, 0.3) is 0 Å². The van der Waals surface area contributed by atoms with Crippen LogP contribution in [0.3, 0.4) is 0 Å². The molecule has 5 heteroatoms. The summed E-state index contributed by atoms with van der Waals surface area (Å²) in [5.41, 5.74) is -0.314. The number of ether oxygens (including phenoxy) is 1. The van der Waals surface area contributed by atoms with Crippen LogP contribution in [0.15, 0.2) is 48.5 Å². The summed E-state index contributed by atoms with van der Waals surface area (Å²) in [7, 11) is 0. The van der Waals surface area contributed by atoms with Gasteiger partial charge in [0.2, 0.25) is 5.91 Å². The fourth-order valence-corrected chi connectivity index (χ4v) is 2.15. The van der Waals surface area contributed by atoms with Gasteiger partial charge in [0.1, 0.15) is 17.3 Å². The molecule has 4 nitrogen and oxygen atoms in total. The molecule has 2 N–H and O–H groups in total. The van der Waals surface area contributed by atoms with Gasteiger partial charge in [-0.05, 0) is 55.3 Å². The topological polar surface area (TPSA) is 58.6 Å². The third kappa shape index (κ3) is 5.07. The van der Waals surface area contributed by atoms with Gasteiger partial charge in [-0.1, -0.05) is 12.1 Å². The number of carbonyl (C=O) groups excluding carboxylic acids is 1. The van der Waals surface area contributed by atoms with Gasteiger partial charge in [-0.15, -0.1) is 0 Å². The first-order chi connectivity index (χ1) is 10.9. The van der Waals surface area contributed by atoms with Crippen LogP contribution in [-0.4, -0.2) is 17.6 Å². The SMILES string of the molecule is CC(=O)NCCC(C)(O)c1ccc(Oc2ccc(F)cc2)cc1. The molecule has 0 fully saturated rings. The molecule has 0 aliphatic carbocycles. The number of amides is 1. The molecule has 2 aromatic rings. The average molecular weight is 317 g/mol. The summed E-state index contributed by atoms with van der Waals surface area (Å²) in [5.74, 6) is 0.696. The highest BCUT2D eigenvalue weighted by Gasteiger charge is 2.22. The van der Waals surface area contributed by atoms with Crippen molar-refractivity contribution in [3.8, 4) is 11.5 Å². The van der Waals surface area contributed by atoms with Crippen molar-refractivity contribution in [2.24, 2.45) is 0 Å². The minimum Gasteiger partial charge on any atom is -0.457 e. The van der Waals surface area contributed by atoms with Crippen LogP contribution in [0.2, 0.25) is 0 Å². The highest BCUT2D eigenvalue weighted by Crippen LogP contribution is 2.28. The monoisotopic (exact) mass is 317 g/mol. The second-order valence-electron chi connectivity index (χ2n) is 5.59. The minimum atomic E-state index is -1.04. The maximum atomic E-state index is 12.9. The van der Waals surface area contributed by atoms with Gasteiger partial charge in [0.25, 0.3) is 0 Å². The fraction of sp³-hybridized carbons (Fsp3) is 0.278. The third-order valence-electron chi connectivity index (χ3n) is 3.51. The first-order valence-corrected chi connectivity index (χ1v) is 7.37. The Morgan fingerprint density at radius 1 is 1.13 bits per heavy atom. The van der Waals surface area contributed by atoms with Crippen LogP contribution < -0.4 is 10.1 Å². The van der Waals surface area contributed by atoms with E-state index in [1.807, 2.05) is 0 Å². The molecule has 0 aliphatic rings. The molecule has 1 atom stereocenters. The van der Waals surface area contributed by atoms with Crippen LogP contribution in [0.5, 0.6) is 11.5 Å². The molecular formula is C18H20FNO3. The summed E-state index contributed by atoms with van der Waals surface area (Å²) >= 11 is 0. The summed E-state index contributed by atoms with van der Waals surface area (Å²) in [5, 5.41) is 13.1. The fourth-order valence-electron chi connectivity index (χ4n) is 2.15. The van der Waals surface area contributed by atoms with Crippen molar-refractivity contribution < 1.29 is 19.0 Å². The van der Waals surface area contributed by atoms with Gasteiger partial charge in [-0.2, -0.15) is 0 Å². The Labute approximate surface area is 134 Å². The van der Waals surface area contributed by atoms with Crippen LogP contribution in [0.4, 0.5) is 4.39 Å². The Balaban J connectivity index is 2.00. The van der Waals surface area contributed by atoms with Crippen LogP contribution in [0, 0.1) is 5.82 Å². The van der Waals surface area contributed by atoms with Gasteiger partial charge in [-0.3, -0.25) is 4.79 Å². The normalized spacial score (nSPS) is 13.2. The first-order valence-electron chi connectivity index (χ1n) is 7.37. The molecule has 0 saturated carbocycles. The van der Waals surface area contributed by atoms with Crippen LogP contribution in [0.1, 0.15) is 25.8 Å². The number of carbonyl (C=O) groups is 1. The van der Waals surface area contributed by atoms with Crippen LogP contribution in [-0.2, 0) is 10.4 Å². The number of nitrogens with one attached hydrogen (secondary N) is 1. The quantitative estimate of drug-likeness (QED) is 0.859. The lowest BCUT2D eigenvalue weighted by atomic mass is 9.92. The van der Waals surface area contributed by atoms with Crippen molar-refractivity contribution in [2.45, 2.75) is 25.9 Å². The number of hydrogen-bond acceptors (Lipinski definition) is 3. The predicted octanol–water partition coefficient (Wildman–Crippen LogP) is 3.35. The summed E-state index contributed by atoms with van der Waals surface area (Å²) < 4.78 is 18.5. The Bertz CT molecular complexity index is 651. The lowest BCUT2D eigenvalue weighted by Crippen LogP contribution is -2.29. The number of aliphatic hydroxyl groups is 1. The van der Waals surface area contributed by atoms with E-state index in [1.54, 1.807) is 43.3 Å². The molecule has 0 bridgehead atoms. The maximum Gasteiger partial charge on any atom is 0.216 e. The predicted molar refractivity (Wildman–Crippen MR) is 85.8 cm³/mol. The van der Waals surface area contributed by atoms with E-state index in [-0.39, 0.29) is 11.7 Å². The van der Waals surface area contributed by atoms with E-state index in [1.165, 1.54) is 19.1 Å². The largest absolute Gasteiger partial charge is 0.457 e. The first kappa shape index (κ1) is 17.0. The number of halogens is 1. The number of rotatable bonds is 6. The molecule has 2 rings (SSSR count). The third-order valence-corrected chi connectivity index (χ3v) is 3.51. The molecule has 2 aromatic carbocycles. The Kier molecular flexibility index (Phi) is 5.34.